The van der Waals surface area contributed by atoms with Crippen LogP contribution in [0.25, 0.3) is 88.4 Å². The molecule has 0 fully saturated rings. The summed E-state index contributed by atoms with van der Waals surface area (Å²) >= 11 is 0. The highest BCUT2D eigenvalue weighted by atomic mass is 15.0. The molecule has 2 aromatic heterocycles. The van der Waals surface area contributed by atoms with E-state index in [1.807, 2.05) is 36.4 Å². The Labute approximate surface area is 301 Å². The van der Waals surface area contributed by atoms with Crippen molar-refractivity contribution in [2.24, 2.45) is 0 Å². The number of benzene rings is 8. The lowest BCUT2D eigenvalue weighted by molar-refractivity contribution is 1.18. The molecular weight excluding hydrogens is 631 g/mol. The van der Waals surface area contributed by atoms with Crippen LogP contribution in [0.2, 0.25) is 0 Å². The molecule has 0 aliphatic rings. The number of aromatic nitrogens is 2. The van der Waals surface area contributed by atoms with Crippen LogP contribution in [0.3, 0.4) is 0 Å². The summed E-state index contributed by atoms with van der Waals surface area (Å²) in [4.78, 5) is 0. The molecule has 0 N–H and O–H groups in total. The first kappa shape index (κ1) is 29.7. The largest absolute Gasteiger partial charge is 0.309 e. The van der Waals surface area contributed by atoms with Crippen LogP contribution >= 0.6 is 0 Å². The van der Waals surface area contributed by atoms with Crippen molar-refractivity contribution in [3.8, 4) is 50.8 Å². The van der Waals surface area contributed by atoms with Gasteiger partial charge in [-0.25, -0.2) is 0 Å². The first-order valence-corrected chi connectivity index (χ1v) is 17.6. The first-order chi connectivity index (χ1) is 25.8. The molecule has 0 aliphatic heterocycles. The van der Waals surface area contributed by atoms with Gasteiger partial charge in [0, 0.05) is 44.0 Å². The van der Waals surface area contributed by atoms with Crippen LogP contribution in [-0.2, 0) is 0 Å². The van der Waals surface area contributed by atoms with Gasteiger partial charge in [-0.1, -0.05) is 133 Å². The van der Waals surface area contributed by atoms with Crippen LogP contribution < -0.4 is 0 Å². The highest BCUT2D eigenvalue weighted by Crippen LogP contribution is 2.43. The smallest absolute Gasteiger partial charge is 0.100 e. The molecule has 0 radical (unpaired) electrons. The third-order valence-electron chi connectivity index (χ3n) is 10.4. The highest BCUT2D eigenvalue weighted by molar-refractivity contribution is 6.17. The maximum Gasteiger partial charge on any atom is 0.100 e. The molecule has 0 amide bonds. The van der Waals surface area contributed by atoms with Crippen LogP contribution in [0.5, 0.6) is 0 Å². The molecule has 0 bridgehead atoms. The Balaban J connectivity index is 1.25. The van der Waals surface area contributed by atoms with E-state index in [1.54, 1.807) is 0 Å². The van der Waals surface area contributed by atoms with E-state index in [1.165, 1.54) is 43.7 Å². The lowest BCUT2D eigenvalue weighted by Gasteiger charge is -2.16. The fourth-order valence-corrected chi connectivity index (χ4v) is 8.10. The topological polar surface area (TPSA) is 33.6 Å². The van der Waals surface area contributed by atoms with Crippen molar-refractivity contribution >= 4 is 43.6 Å². The van der Waals surface area contributed by atoms with Gasteiger partial charge in [-0.2, -0.15) is 5.26 Å². The van der Waals surface area contributed by atoms with Gasteiger partial charge >= 0.3 is 0 Å². The minimum Gasteiger partial charge on any atom is -0.309 e. The minimum absolute atomic E-state index is 0.672. The average molecular weight is 662 g/mol. The third-order valence-corrected chi connectivity index (χ3v) is 10.4. The van der Waals surface area contributed by atoms with Gasteiger partial charge in [0.05, 0.1) is 27.6 Å². The molecule has 3 heteroatoms. The van der Waals surface area contributed by atoms with Crippen molar-refractivity contribution in [1.82, 2.24) is 9.13 Å². The van der Waals surface area contributed by atoms with Crippen molar-refractivity contribution in [2.75, 3.05) is 0 Å². The van der Waals surface area contributed by atoms with Crippen LogP contribution in [0.1, 0.15) is 5.56 Å². The molecule has 2 heterocycles. The summed E-state index contributed by atoms with van der Waals surface area (Å²) in [5.74, 6) is 0. The maximum absolute atomic E-state index is 10.6. The standard InChI is InChI=1S/C49H31N3/c50-32-44-41(33-15-4-1-5-16-33)30-37(31-42(44)34-17-6-2-7-18-34)52-46-25-13-11-22-40(46)49-38(23-14-26-48(49)52)35-27-28-47-43(29-35)39-21-10-12-24-45(39)51(47)36-19-8-3-9-20-36/h1-31H. The van der Waals surface area contributed by atoms with Crippen LogP contribution in [-0.4, -0.2) is 9.13 Å². The molecule has 3 nitrogen and oxygen atoms in total. The van der Waals surface area contributed by atoms with Crippen LogP contribution in [0.15, 0.2) is 188 Å². The summed E-state index contributed by atoms with van der Waals surface area (Å²) in [6, 6.07) is 69.0. The van der Waals surface area contributed by atoms with E-state index in [9.17, 15) is 5.26 Å². The number of hydrogen-bond donors (Lipinski definition) is 0. The molecule has 10 aromatic rings. The van der Waals surface area contributed by atoms with E-state index in [0.29, 0.717) is 5.56 Å². The summed E-state index contributed by atoms with van der Waals surface area (Å²) < 4.78 is 4.73. The Kier molecular flexibility index (Phi) is 6.87. The Hall–Kier alpha value is -7.15. The fraction of sp³-hybridized carbons (Fsp3) is 0. The highest BCUT2D eigenvalue weighted by Gasteiger charge is 2.21. The van der Waals surface area contributed by atoms with E-state index in [-0.39, 0.29) is 0 Å². The Morgan fingerprint density at radius 1 is 0.346 bits per heavy atom. The summed E-state index contributed by atoms with van der Waals surface area (Å²) in [6.07, 6.45) is 0. The zero-order valence-electron chi connectivity index (χ0n) is 28.2. The summed E-state index contributed by atoms with van der Waals surface area (Å²) in [7, 11) is 0. The van der Waals surface area contributed by atoms with Crippen molar-refractivity contribution < 1.29 is 0 Å². The molecule has 0 aliphatic carbocycles. The van der Waals surface area contributed by atoms with Gasteiger partial charge in [0.15, 0.2) is 0 Å². The molecule has 8 aromatic carbocycles. The maximum atomic E-state index is 10.6. The van der Waals surface area contributed by atoms with Crippen molar-refractivity contribution in [3.63, 3.8) is 0 Å². The summed E-state index contributed by atoms with van der Waals surface area (Å²) in [6.45, 7) is 0. The van der Waals surface area contributed by atoms with Gasteiger partial charge in [0.25, 0.3) is 0 Å². The molecule has 0 spiro atoms. The SMILES string of the molecule is N#Cc1c(-c2ccccc2)cc(-n2c3ccccc3c3c(-c4ccc5c(c4)c4ccccc4n5-c4ccccc4)cccc32)cc1-c1ccccc1. The molecule has 10 rings (SSSR count). The van der Waals surface area contributed by atoms with Gasteiger partial charge in [-0.15, -0.1) is 0 Å². The molecule has 0 atom stereocenters. The van der Waals surface area contributed by atoms with Gasteiger partial charge < -0.3 is 9.13 Å². The second-order valence-corrected chi connectivity index (χ2v) is 13.2. The average Bonchev–Trinajstić information content (AvgIpc) is 3.74. The number of hydrogen-bond acceptors (Lipinski definition) is 1. The quantitative estimate of drug-likeness (QED) is 0.181. The fourth-order valence-electron chi connectivity index (χ4n) is 8.10. The van der Waals surface area contributed by atoms with E-state index < -0.39 is 0 Å². The van der Waals surface area contributed by atoms with Gasteiger partial charge in [0.2, 0.25) is 0 Å². The van der Waals surface area contributed by atoms with Crippen molar-refractivity contribution in [2.45, 2.75) is 0 Å². The normalized spacial score (nSPS) is 11.4. The van der Waals surface area contributed by atoms with Gasteiger partial charge in [0.1, 0.15) is 6.07 Å². The second kappa shape index (κ2) is 12.0. The zero-order valence-corrected chi connectivity index (χ0v) is 28.2. The van der Waals surface area contributed by atoms with E-state index in [4.69, 9.17) is 0 Å². The number of nitriles is 1. The molecule has 0 saturated heterocycles. The molecule has 242 valence electrons. The number of para-hydroxylation sites is 3. The van der Waals surface area contributed by atoms with Gasteiger partial charge in [-0.05, 0) is 76.9 Å². The predicted octanol–water partition coefficient (Wildman–Crippen LogP) is 12.8. The van der Waals surface area contributed by atoms with Crippen LogP contribution in [0.4, 0.5) is 0 Å². The second-order valence-electron chi connectivity index (χ2n) is 13.2. The predicted molar refractivity (Wildman–Crippen MR) is 216 cm³/mol. The molecule has 0 saturated carbocycles. The summed E-state index contributed by atoms with van der Waals surface area (Å²) in [5, 5.41) is 15.5. The minimum atomic E-state index is 0.672. The zero-order chi connectivity index (χ0) is 34.6. The number of nitrogens with zero attached hydrogens (tertiary/aromatic N) is 3. The Morgan fingerprint density at radius 2 is 0.865 bits per heavy atom. The van der Waals surface area contributed by atoms with Crippen molar-refractivity contribution in [3.05, 3.63) is 194 Å². The van der Waals surface area contributed by atoms with E-state index in [2.05, 4.69) is 167 Å². The summed E-state index contributed by atoms with van der Waals surface area (Å²) in [5.41, 5.74) is 13.7. The van der Waals surface area contributed by atoms with Gasteiger partial charge in [-0.3, -0.25) is 0 Å². The monoisotopic (exact) mass is 661 g/mol. The molecule has 0 unspecified atom stereocenters. The van der Waals surface area contributed by atoms with Crippen molar-refractivity contribution in [1.29, 1.82) is 5.26 Å². The van der Waals surface area contributed by atoms with E-state index >= 15 is 0 Å². The molecular formula is C49H31N3. The molecule has 52 heavy (non-hydrogen) atoms. The number of rotatable bonds is 5. The van der Waals surface area contributed by atoms with E-state index in [0.717, 1.165) is 44.7 Å². The Bertz CT molecular complexity index is 2940. The first-order valence-electron chi connectivity index (χ1n) is 17.6. The Morgan fingerprint density at radius 3 is 1.52 bits per heavy atom. The van der Waals surface area contributed by atoms with Crippen LogP contribution in [0, 0.1) is 11.3 Å². The lowest BCUT2D eigenvalue weighted by Crippen LogP contribution is -1.99. The lowest BCUT2D eigenvalue weighted by atomic mass is 9.91. The third kappa shape index (κ3) is 4.59. The number of fused-ring (bicyclic) bond motifs is 6.